The fraction of sp³-hybridized carbons (Fsp3) is 0.929. The highest BCUT2D eigenvalue weighted by molar-refractivity contribution is 6.18. The van der Waals surface area contributed by atoms with E-state index in [0.717, 1.165) is 38.3 Å². The van der Waals surface area contributed by atoms with E-state index in [4.69, 9.17) is 16.3 Å². The first-order valence-corrected chi connectivity index (χ1v) is 7.77. The van der Waals surface area contributed by atoms with E-state index in [0.29, 0.717) is 24.4 Å². The summed E-state index contributed by atoms with van der Waals surface area (Å²) in [4.78, 5) is 11.8. The Morgan fingerprint density at radius 2 is 2.06 bits per heavy atom. The summed E-state index contributed by atoms with van der Waals surface area (Å²) in [6, 6.07) is 0. The molecule has 0 spiro atoms. The van der Waals surface area contributed by atoms with Crippen LogP contribution in [0.1, 0.15) is 44.9 Å². The Morgan fingerprint density at radius 3 is 2.78 bits per heavy atom. The van der Waals surface area contributed by atoms with E-state index in [1.807, 2.05) is 0 Å². The van der Waals surface area contributed by atoms with Crippen molar-refractivity contribution in [2.24, 2.45) is 11.8 Å². The van der Waals surface area contributed by atoms with Crippen LogP contribution >= 0.6 is 11.6 Å². The molecular formula is C14H24ClNO2. The van der Waals surface area contributed by atoms with E-state index in [1.54, 1.807) is 0 Å². The molecule has 1 aliphatic carbocycles. The normalized spacial score (nSPS) is 31.7. The first-order valence-electron chi connectivity index (χ1n) is 7.24. The Kier molecular flexibility index (Phi) is 5.77. The van der Waals surface area contributed by atoms with E-state index >= 15 is 0 Å². The number of rotatable bonds is 6. The zero-order valence-corrected chi connectivity index (χ0v) is 11.8. The molecule has 2 rings (SSSR count). The summed E-state index contributed by atoms with van der Waals surface area (Å²) >= 11 is 5.94. The van der Waals surface area contributed by atoms with Crippen molar-refractivity contribution in [3.63, 3.8) is 0 Å². The Balaban J connectivity index is 1.59. The molecule has 18 heavy (non-hydrogen) atoms. The molecule has 3 atom stereocenters. The van der Waals surface area contributed by atoms with Crippen LogP contribution in [0.3, 0.4) is 0 Å². The van der Waals surface area contributed by atoms with Crippen molar-refractivity contribution in [1.29, 1.82) is 0 Å². The lowest BCUT2D eigenvalue weighted by atomic mass is 9.98. The van der Waals surface area contributed by atoms with Gasteiger partial charge in [-0.1, -0.05) is 6.42 Å². The second kappa shape index (κ2) is 7.34. The number of alkyl halides is 1. The summed E-state index contributed by atoms with van der Waals surface area (Å²) in [5, 5.41) is 3.06. The van der Waals surface area contributed by atoms with Gasteiger partial charge in [0, 0.05) is 25.5 Å². The minimum absolute atomic E-state index is 0.172. The molecule has 3 nitrogen and oxygen atoms in total. The topological polar surface area (TPSA) is 38.3 Å². The second-order valence-corrected chi connectivity index (χ2v) is 5.89. The molecule has 1 heterocycles. The molecule has 0 radical (unpaired) electrons. The number of nitrogens with one attached hydrogen (secondary N) is 1. The van der Waals surface area contributed by atoms with E-state index in [-0.39, 0.29) is 5.91 Å². The van der Waals surface area contributed by atoms with Crippen molar-refractivity contribution in [3.05, 3.63) is 0 Å². The molecule has 0 aromatic heterocycles. The summed E-state index contributed by atoms with van der Waals surface area (Å²) in [5.41, 5.74) is 0. The maximum absolute atomic E-state index is 11.8. The third kappa shape index (κ3) is 4.13. The van der Waals surface area contributed by atoms with Gasteiger partial charge in [-0.25, -0.2) is 0 Å². The average molecular weight is 274 g/mol. The fourth-order valence-corrected chi connectivity index (χ4v) is 3.49. The predicted molar refractivity (Wildman–Crippen MR) is 72.8 cm³/mol. The maximum atomic E-state index is 11.8. The van der Waals surface area contributed by atoms with Crippen LogP contribution in [0.5, 0.6) is 0 Å². The maximum Gasteiger partial charge on any atom is 0.220 e. The van der Waals surface area contributed by atoms with Gasteiger partial charge in [0.1, 0.15) is 0 Å². The van der Waals surface area contributed by atoms with Crippen molar-refractivity contribution >= 4 is 17.5 Å². The summed E-state index contributed by atoms with van der Waals surface area (Å²) in [6.45, 7) is 1.67. The number of amides is 1. The van der Waals surface area contributed by atoms with Crippen LogP contribution in [-0.4, -0.2) is 31.0 Å². The Labute approximate surface area is 115 Å². The van der Waals surface area contributed by atoms with Gasteiger partial charge in [0.15, 0.2) is 0 Å². The molecule has 1 saturated heterocycles. The minimum Gasteiger partial charge on any atom is -0.378 e. The van der Waals surface area contributed by atoms with Crippen LogP contribution in [0.4, 0.5) is 0 Å². The number of halogens is 1. The van der Waals surface area contributed by atoms with E-state index in [2.05, 4.69) is 5.32 Å². The van der Waals surface area contributed by atoms with Crippen molar-refractivity contribution < 1.29 is 9.53 Å². The molecule has 2 fully saturated rings. The average Bonchev–Trinajstić information content (AvgIpc) is 3.04. The van der Waals surface area contributed by atoms with Gasteiger partial charge in [0.25, 0.3) is 0 Å². The third-order valence-electron chi connectivity index (χ3n) is 4.29. The van der Waals surface area contributed by atoms with Gasteiger partial charge in [-0.2, -0.15) is 0 Å². The molecular weight excluding hydrogens is 250 g/mol. The van der Waals surface area contributed by atoms with E-state index < -0.39 is 0 Å². The first kappa shape index (κ1) is 14.1. The summed E-state index contributed by atoms with van der Waals surface area (Å²) in [5.74, 6) is 2.10. The highest BCUT2D eigenvalue weighted by atomic mass is 35.5. The first-order chi connectivity index (χ1) is 8.79. The van der Waals surface area contributed by atoms with Gasteiger partial charge in [-0.3, -0.25) is 4.79 Å². The standard InChI is InChI=1S/C14H24ClNO2/c15-9-11-3-1-4-12(11)10-16-14(17)7-6-13-5-2-8-18-13/h11-13H,1-10H2,(H,16,17). The van der Waals surface area contributed by atoms with Gasteiger partial charge in [-0.05, 0) is 43.9 Å². The van der Waals surface area contributed by atoms with Crippen LogP contribution in [0.25, 0.3) is 0 Å². The molecule has 104 valence electrons. The Hall–Kier alpha value is -0.280. The highest BCUT2D eigenvalue weighted by Crippen LogP contribution is 2.31. The quantitative estimate of drug-likeness (QED) is 0.756. The molecule has 1 amide bonds. The summed E-state index contributed by atoms with van der Waals surface area (Å²) in [7, 11) is 0. The van der Waals surface area contributed by atoms with Crippen LogP contribution in [0.2, 0.25) is 0 Å². The number of hydrogen-bond donors (Lipinski definition) is 1. The molecule has 0 aromatic carbocycles. The molecule has 2 aliphatic rings. The predicted octanol–water partition coefficient (Wildman–Crippen LogP) is 2.72. The summed E-state index contributed by atoms with van der Waals surface area (Å²) in [6.07, 6.45) is 7.74. The van der Waals surface area contributed by atoms with Gasteiger partial charge in [-0.15, -0.1) is 11.6 Å². The van der Waals surface area contributed by atoms with Crippen molar-refractivity contribution in [2.75, 3.05) is 19.0 Å². The lowest BCUT2D eigenvalue weighted by Crippen LogP contribution is -2.31. The molecule has 0 aromatic rings. The smallest absolute Gasteiger partial charge is 0.220 e. The zero-order chi connectivity index (χ0) is 12.8. The highest BCUT2D eigenvalue weighted by Gasteiger charge is 2.26. The second-order valence-electron chi connectivity index (χ2n) is 5.58. The van der Waals surface area contributed by atoms with Crippen LogP contribution < -0.4 is 5.32 Å². The minimum atomic E-state index is 0.172. The molecule has 4 heteroatoms. The summed E-state index contributed by atoms with van der Waals surface area (Å²) < 4.78 is 5.52. The molecule has 1 aliphatic heterocycles. The lowest BCUT2D eigenvalue weighted by molar-refractivity contribution is -0.121. The van der Waals surface area contributed by atoms with Crippen LogP contribution in [0, 0.1) is 11.8 Å². The molecule has 1 saturated carbocycles. The van der Waals surface area contributed by atoms with Gasteiger partial charge in [0.05, 0.1) is 6.10 Å². The number of ether oxygens (including phenoxy) is 1. The van der Waals surface area contributed by atoms with Gasteiger partial charge < -0.3 is 10.1 Å². The zero-order valence-electron chi connectivity index (χ0n) is 11.0. The Morgan fingerprint density at radius 1 is 1.22 bits per heavy atom. The SMILES string of the molecule is O=C(CCC1CCCO1)NCC1CCCC1CCl. The van der Waals surface area contributed by atoms with Crippen molar-refractivity contribution in [3.8, 4) is 0 Å². The monoisotopic (exact) mass is 273 g/mol. The molecule has 3 unspecified atom stereocenters. The third-order valence-corrected chi connectivity index (χ3v) is 4.69. The van der Waals surface area contributed by atoms with Crippen molar-refractivity contribution in [1.82, 2.24) is 5.32 Å². The van der Waals surface area contributed by atoms with Crippen LogP contribution in [0.15, 0.2) is 0 Å². The molecule has 1 N–H and O–H groups in total. The Bertz CT molecular complexity index is 267. The van der Waals surface area contributed by atoms with E-state index in [1.165, 1.54) is 19.3 Å². The fourth-order valence-electron chi connectivity index (χ4n) is 3.08. The van der Waals surface area contributed by atoms with Crippen LogP contribution in [-0.2, 0) is 9.53 Å². The van der Waals surface area contributed by atoms with Gasteiger partial charge >= 0.3 is 0 Å². The van der Waals surface area contributed by atoms with E-state index in [9.17, 15) is 4.79 Å². The largest absolute Gasteiger partial charge is 0.378 e. The molecule has 0 bridgehead atoms. The van der Waals surface area contributed by atoms with Crippen molar-refractivity contribution in [2.45, 2.75) is 51.0 Å². The number of carbonyl (C=O) groups is 1. The lowest BCUT2D eigenvalue weighted by Gasteiger charge is -2.18. The number of hydrogen-bond acceptors (Lipinski definition) is 2. The van der Waals surface area contributed by atoms with Gasteiger partial charge in [0.2, 0.25) is 5.91 Å². The number of carbonyl (C=O) groups excluding carboxylic acids is 1.